The van der Waals surface area contributed by atoms with Crippen molar-refractivity contribution in [1.29, 1.82) is 0 Å². The number of hydrogen-bond donors (Lipinski definition) is 0. The monoisotopic (exact) mass is 398 g/mol. The molecule has 0 saturated carbocycles. The average Bonchev–Trinajstić information content (AvgIpc) is 2.54. The zero-order chi connectivity index (χ0) is 15.5. The van der Waals surface area contributed by atoms with Crippen LogP contribution in [0.3, 0.4) is 0 Å². The van der Waals surface area contributed by atoms with Crippen LogP contribution in [0.5, 0.6) is 0 Å². The molecule has 1 atom stereocenters. The molecule has 0 radical (unpaired) electrons. The number of rotatable bonds is 4. The van der Waals surface area contributed by atoms with E-state index in [1.54, 1.807) is 19.1 Å². The first-order valence-electron chi connectivity index (χ1n) is 6.53. The standard InChI is InChI=1S/C17H16FIO2/c1-17(11-19,16(20)21-2)13-8-9-14(15(18)10-13)12-6-4-3-5-7-12/h3-10H,11H2,1-2H3. The second kappa shape index (κ2) is 6.56. The lowest BCUT2D eigenvalue weighted by Gasteiger charge is -2.25. The van der Waals surface area contributed by atoms with Gasteiger partial charge in [0.15, 0.2) is 0 Å². The largest absolute Gasteiger partial charge is 0.468 e. The van der Waals surface area contributed by atoms with E-state index in [9.17, 15) is 9.18 Å². The van der Waals surface area contributed by atoms with Gasteiger partial charge in [-0.05, 0) is 24.1 Å². The van der Waals surface area contributed by atoms with E-state index in [2.05, 4.69) is 22.6 Å². The second-order valence-corrected chi connectivity index (χ2v) is 5.78. The van der Waals surface area contributed by atoms with E-state index < -0.39 is 5.41 Å². The summed E-state index contributed by atoms with van der Waals surface area (Å²) < 4.78 is 19.8. The highest BCUT2D eigenvalue weighted by Crippen LogP contribution is 2.31. The summed E-state index contributed by atoms with van der Waals surface area (Å²) in [7, 11) is 1.35. The van der Waals surface area contributed by atoms with Crippen molar-refractivity contribution in [2.75, 3.05) is 11.5 Å². The van der Waals surface area contributed by atoms with E-state index >= 15 is 0 Å². The van der Waals surface area contributed by atoms with Crippen molar-refractivity contribution >= 4 is 28.6 Å². The van der Waals surface area contributed by atoms with Crippen molar-refractivity contribution in [3.8, 4) is 11.1 Å². The number of halogens is 2. The number of esters is 1. The molecule has 2 rings (SSSR count). The molecule has 1 unspecified atom stereocenters. The molecule has 21 heavy (non-hydrogen) atoms. The van der Waals surface area contributed by atoms with Crippen molar-refractivity contribution in [3.05, 3.63) is 59.9 Å². The Balaban J connectivity index is 2.46. The molecule has 0 N–H and O–H groups in total. The molecule has 0 bridgehead atoms. The average molecular weight is 398 g/mol. The summed E-state index contributed by atoms with van der Waals surface area (Å²) in [6.45, 7) is 1.77. The maximum atomic E-state index is 14.4. The highest BCUT2D eigenvalue weighted by atomic mass is 127. The summed E-state index contributed by atoms with van der Waals surface area (Å²) in [6.07, 6.45) is 0. The van der Waals surface area contributed by atoms with Gasteiger partial charge in [0.05, 0.1) is 12.5 Å². The van der Waals surface area contributed by atoms with Crippen LogP contribution in [0.25, 0.3) is 11.1 Å². The van der Waals surface area contributed by atoms with Crippen LogP contribution in [0, 0.1) is 5.82 Å². The third-order valence-electron chi connectivity index (χ3n) is 3.59. The van der Waals surface area contributed by atoms with E-state index in [4.69, 9.17) is 4.74 Å². The van der Waals surface area contributed by atoms with Crippen LogP contribution < -0.4 is 0 Å². The highest BCUT2D eigenvalue weighted by Gasteiger charge is 2.35. The number of ether oxygens (including phenoxy) is 1. The summed E-state index contributed by atoms with van der Waals surface area (Å²) in [5.74, 6) is -0.692. The Hall–Kier alpha value is -1.43. The van der Waals surface area contributed by atoms with E-state index in [0.29, 0.717) is 15.6 Å². The van der Waals surface area contributed by atoms with Gasteiger partial charge in [0, 0.05) is 9.99 Å². The van der Waals surface area contributed by atoms with Crippen LogP contribution in [0.2, 0.25) is 0 Å². The molecule has 0 aliphatic heterocycles. The van der Waals surface area contributed by atoms with Gasteiger partial charge in [-0.15, -0.1) is 0 Å². The molecule has 0 saturated heterocycles. The molecule has 0 heterocycles. The zero-order valence-corrected chi connectivity index (χ0v) is 14.1. The van der Waals surface area contributed by atoms with Gasteiger partial charge in [0.25, 0.3) is 0 Å². The van der Waals surface area contributed by atoms with Gasteiger partial charge in [-0.1, -0.05) is 65.1 Å². The van der Waals surface area contributed by atoms with E-state index in [1.807, 2.05) is 30.3 Å². The first kappa shape index (κ1) is 15.9. The zero-order valence-electron chi connectivity index (χ0n) is 11.9. The van der Waals surface area contributed by atoms with Crippen LogP contribution in [-0.2, 0) is 14.9 Å². The molecule has 0 amide bonds. The first-order chi connectivity index (χ1) is 10.0. The van der Waals surface area contributed by atoms with Gasteiger partial charge in [0.1, 0.15) is 5.82 Å². The van der Waals surface area contributed by atoms with E-state index in [0.717, 1.165) is 5.56 Å². The molecule has 4 heteroatoms. The summed E-state index contributed by atoms with van der Waals surface area (Å²) in [5.41, 5.74) is 1.13. The molecule has 0 spiro atoms. The van der Waals surface area contributed by atoms with E-state index in [1.165, 1.54) is 13.2 Å². The molecular formula is C17H16FIO2. The Morgan fingerprint density at radius 2 is 1.90 bits per heavy atom. The van der Waals surface area contributed by atoms with Gasteiger partial charge in [-0.25, -0.2) is 4.39 Å². The molecule has 0 aromatic heterocycles. The van der Waals surface area contributed by atoms with Gasteiger partial charge < -0.3 is 4.74 Å². The lowest BCUT2D eigenvalue weighted by atomic mass is 9.84. The molecule has 0 fully saturated rings. The summed E-state index contributed by atoms with van der Waals surface area (Å²) >= 11 is 2.12. The second-order valence-electron chi connectivity index (χ2n) is 5.02. The summed E-state index contributed by atoms with van der Waals surface area (Å²) in [6, 6.07) is 14.3. The van der Waals surface area contributed by atoms with Crippen molar-refractivity contribution in [3.63, 3.8) is 0 Å². The highest BCUT2D eigenvalue weighted by molar-refractivity contribution is 14.1. The fraction of sp³-hybridized carbons (Fsp3) is 0.235. The van der Waals surface area contributed by atoms with Gasteiger partial charge >= 0.3 is 5.97 Å². The molecule has 2 aromatic rings. The first-order valence-corrected chi connectivity index (χ1v) is 8.05. The van der Waals surface area contributed by atoms with Crippen LogP contribution in [0.1, 0.15) is 12.5 Å². The topological polar surface area (TPSA) is 26.3 Å². The number of carbonyl (C=O) groups excluding carboxylic acids is 1. The fourth-order valence-corrected chi connectivity index (χ4v) is 2.94. The van der Waals surface area contributed by atoms with Crippen LogP contribution in [0.15, 0.2) is 48.5 Å². The number of alkyl halides is 1. The maximum absolute atomic E-state index is 14.4. The normalized spacial score (nSPS) is 13.5. The quantitative estimate of drug-likeness (QED) is 0.435. The predicted molar refractivity (Wildman–Crippen MR) is 90.1 cm³/mol. The Morgan fingerprint density at radius 3 is 2.43 bits per heavy atom. The SMILES string of the molecule is COC(=O)C(C)(CI)c1ccc(-c2ccccc2)c(F)c1. The molecule has 0 aliphatic rings. The van der Waals surface area contributed by atoms with Gasteiger partial charge in [0.2, 0.25) is 0 Å². The van der Waals surface area contributed by atoms with Crippen molar-refractivity contribution in [2.24, 2.45) is 0 Å². The third-order valence-corrected chi connectivity index (χ3v) is 5.12. The minimum Gasteiger partial charge on any atom is -0.468 e. The van der Waals surface area contributed by atoms with Gasteiger partial charge in [-0.2, -0.15) is 0 Å². The summed E-state index contributed by atoms with van der Waals surface area (Å²) in [5, 5.41) is 0. The Morgan fingerprint density at radius 1 is 1.24 bits per heavy atom. The molecule has 110 valence electrons. The molecule has 2 aromatic carbocycles. The summed E-state index contributed by atoms with van der Waals surface area (Å²) in [4.78, 5) is 12.0. The molecular weight excluding hydrogens is 382 g/mol. The van der Waals surface area contributed by atoms with Gasteiger partial charge in [-0.3, -0.25) is 4.79 Å². The minimum atomic E-state index is -0.842. The Bertz CT molecular complexity index is 642. The van der Waals surface area contributed by atoms with Crippen LogP contribution >= 0.6 is 22.6 Å². The maximum Gasteiger partial charge on any atom is 0.316 e. The minimum absolute atomic E-state index is 0.335. The van der Waals surface area contributed by atoms with Crippen LogP contribution in [-0.4, -0.2) is 17.5 Å². The number of hydrogen-bond acceptors (Lipinski definition) is 2. The lowest BCUT2D eigenvalue weighted by molar-refractivity contribution is -0.145. The van der Waals surface area contributed by atoms with Crippen molar-refractivity contribution in [2.45, 2.75) is 12.3 Å². The predicted octanol–water partition coefficient (Wildman–Crippen LogP) is 4.36. The van der Waals surface area contributed by atoms with E-state index in [-0.39, 0.29) is 11.8 Å². The number of methoxy groups -OCH3 is 1. The molecule has 0 aliphatic carbocycles. The number of carbonyl (C=O) groups is 1. The fourth-order valence-electron chi connectivity index (χ4n) is 2.18. The lowest BCUT2D eigenvalue weighted by Crippen LogP contribution is -2.35. The Kier molecular flexibility index (Phi) is 4.98. The number of benzene rings is 2. The molecule has 2 nitrogen and oxygen atoms in total. The third kappa shape index (κ3) is 3.10. The smallest absolute Gasteiger partial charge is 0.316 e. The van der Waals surface area contributed by atoms with Crippen molar-refractivity contribution < 1.29 is 13.9 Å². The van der Waals surface area contributed by atoms with Crippen LogP contribution in [0.4, 0.5) is 4.39 Å². The van der Waals surface area contributed by atoms with Crippen molar-refractivity contribution in [1.82, 2.24) is 0 Å². The Labute approximate surface area is 137 Å².